The van der Waals surface area contributed by atoms with Crippen molar-refractivity contribution >= 4 is 17.9 Å². The first-order valence-electron chi connectivity index (χ1n) is 11.4. The topological polar surface area (TPSA) is 77.5 Å². The number of ether oxygens (including phenoxy) is 4. The minimum absolute atomic E-state index is 0.154. The molecule has 0 aliphatic carbocycles. The van der Waals surface area contributed by atoms with Crippen LogP contribution < -0.4 is 14.4 Å². The van der Waals surface area contributed by atoms with Gasteiger partial charge in [0.2, 0.25) is 0 Å². The maximum absolute atomic E-state index is 13.1. The predicted octanol–water partition coefficient (Wildman–Crippen LogP) is 5.70. The quantitative estimate of drug-likeness (QED) is 0.476. The summed E-state index contributed by atoms with van der Waals surface area (Å²) in [5.74, 6) is 0.603. The fraction of sp³-hybridized carbons (Fsp3) is 0.440. The molecular formula is C25H29F3N2O6. The van der Waals surface area contributed by atoms with Gasteiger partial charge in [-0.25, -0.2) is 9.59 Å². The van der Waals surface area contributed by atoms with Crippen molar-refractivity contribution in [1.29, 1.82) is 0 Å². The van der Waals surface area contributed by atoms with Crippen LogP contribution >= 0.6 is 0 Å². The van der Waals surface area contributed by atoms with Crippen molar-refractivity contribution in [3.8, 4) is 11.5 Å². The second-order valence-electron chi connectivity index (χ2n) is 8.22. The minimum Gasteiger partial charge on any atom is -0.493 e. The highest BCUT2D eigenvalue weighted by Crippen LogP contribution is 2.46. The lowest BCUT2D eigenvalue weighted by Crippen LogP contribution is -2.48. The number of nitrogens with zero attached hydrogens (tertiary/aromatic N) is 2. The Morgan fingerprint density at radius 3 is 2.28 bits per heavy atom. The third kappa shape index (κ3) is 6.13. The molecule has 0 spiro atoms. The van der Waals surface area contributed by atoms with Crippen LogP contribution in [-0.4, -0.2) is 56.7 Å². The Morgan fingerprint density at radius 1 is 1.06 bits per heavy atom. The van der Waals surface area contributed by atoms with Crippen molar-refractivity contribution in [1.82, 2.24) is 4.90 Å². The molecule has 2 atom stereocenters. The highest BCUT2D eigenvalue weighted by atomic mass is 19.4. The summed E-state index contributed by atoms with van der Waals surface area (Å²) in [4.78, 5) is 28.6. The fourth-order valence-corrected chi connectivity index (χ4v) is 4.23. The van der Waals surface area contributed by atoms with Crippen LogP contribution in [0.15, 0.2) is 42.5 Å². The highest BCUT2D eigenvalue weighted by molar-refractivity contribution is 5.91. The van der Waals surface area contributed by atoms with E-state index in [2.05, 4.69) is 4.74 Å². The molecule has 196 valence electrons. The van der Waals surface area contributed by atoms with E-state index < -0.39 is 37.1 Å². The summed E-state index contributed by atoms with van der Waals surface area (Å²) in [5, 5.41) is 0. The van der Waals surface area contributed by atoms with Crippen LogP contribution in [0.4, 0.5) is 28.4 Å². The molecule has 0 N–H and O–H groups in total. The molecule has 1 aliphatic heterocycles. The van der Waals surface area contributed by atoms with Crippen LogP contribution in [0.5, 0.6) is 11.5 Å². The van der Waals surface area contributed by atoms with Gasteiger partial charge >= 0.3 is 18.4 Å². The van der Waals surface area contributed by atoms with Gasteiger partial charge in [-0.3, -0.25) is 9.80 Å². The van der Waals surface area contributed by atoms with E-state index >= 15 is 0 Å². The van der Waals surface area contributed by atoms with Gasteiger partial charge in [0.15, 0.2) is 18.1 Å². The normalized spacial score (nSPS) is 17.1. The van der Waals surface area contributed by atoms with Gasteiger partial charge in [-0.1, -0.05) is 30.3 Å². The molecule has 0 aromatic heterocycles. The molecule has 2 aromatic carbocycles. The first-order chi connectivity index (χ1) is 17.1. The van der Waals surface area contributed by atoms with E-state index in [0.717, 1.165) is 10.5 Å². The summed E-state index contributed by atoms with van der Waals surface area (Å²) in [5.41, 5.74) is 1.59. The van der Waals surface area contributed by atoms with Gasteiger partial charge in [0, 0.05) is 24.2 Å². The monoisotopic (exact) mass is 510 g/mol. The first-order valence-corrected chi connectivity index (χ1v) is 11.4. The van der Waals surface area contributed by atoms with Crippen molar-refractivity contribution in [3.05, 3.63) is 53.6 Å². The number of alkyl halides is 3. The molecule has 0 saturated heterocycles. The zero-order valence-corrected chi connectivity index (χ0v) is 20.5. The van der Waals surface area contributed by atoms with E-state index in [0.29, 0.717) is 11.3 Å². The number of fused-ring (bicyclic) bond motifs is 1. The van der Waals surface area contributed by atoms with Gasteiger partial charge in [-0.05, 0) is 31.9 Å². The molecule has 8 nitrogen and oxygen atoms in total. The summed E-state index contributed by atoms with van der Waals surface area (Å²) >= 11 is 0. The van der Waals surface area contributed by atoms with Gasteiger partial charge in [-0.2, -0.15) is 13.2 Å². The van der Waals surface area contributed by atoms with Crippen LogP contribution in [0.25, 0.3) is 0 Å². The molecule has 11 heteroatoms. The number of carbonyl (C=O) groups is 2. The highest BCUT2D eigenvalue weighted by Gasteiger charge is 2.41. The molecule has 0 bridgehead atoms. The lowest BCUT2D eigenvalue weighted by Gasteiger charge is -2.42. The number of hydrogen-bond donors (Lipinski definition) is 0. The van der Waals surface area contributed by atoms with Gasteiger partial charge < -0.3 is 18.9 Å². The Morgan fingerprint density at radius 2 is 1.69 bits per heavy atom. The lowest BCUT2D eigenvalue weighted by molar-refractivity contribution is -0.159. The number of anilines is 1. The Labute approximate surface area is 207 Å². The number of rotatable bonds is 7. The van der Waals surface area contributed by atoms with Gasteiger partial charge in [0.1, 0.15) is 0 Å². The second-order valence-corrected chi connectivity index (χ2v) is 8.22. The third-order valence-electron chi connectivity index (χ3n) is 5.79. The van der Waals surface area contributed by atoms with Crippen LogP contribution in [0.3, 0.4) is 0 Å². The van der Waals surface area contributed by atoms with Crippen molar-refractivity contribution in [2.45, 2.75) is 45.1 Å². The third-order valence-corrected chi connectivity index (χ3v) is 5.79. The largest absolute Gasteiger partial charge is 0.493 e. The molecule has 1 heterocycles. The summed E-state index contributed by atoms with van der Waals surface area (Å²) in [6.45, 7) is 2.02. The lowest BCUT2D eigenvalue weighted by atomic mass is 9.90. The van der Waals surface area contributed by atoms with Crippen molar-refractivity contribution in [3.63, 3.8) is 0 Å². The Hall–Kier alpha value is -3.63. The summed E-state index contributed by atoms with van der Waals surface area (Å²) < 4.78 is 58.9. The zero-order chi connectivity index (χ0) is 26.5. The van der Waals surface area contributed by atoms with Gasteiger partial charge in [-0.15, -0.1) is 0 Å². The number of methoxy groups -OCH3 is 2. The van der Waals surface area contributed by atoms with Crippen molar-refractivity contribution in [2.24, 2.45) is 0 Å². The zero-order valence-electron chi connectivity index (χ0n) is 20.5. The van der Waals surface area contributed by atoms with E-state index in [1.54, 1.807) is 24.8 Å². The standard InChI is InChI=1S/C25H29F3N2O6/c1-5-35-23(31)29(14-17-9-7-6-8-10-17)19-11-16(2)30(24(32)36-15-25(26,27)28)20-13-22(34-4)21(33-3)12-18(19)20/h6-10,12-13,16,19H,5,11,14-15H2,1-4H3/t16-,19+/m1/s1. The Kier molecular flexibility index (Phi) is 8.54. The maximum atomic E-state index is 13.1. The van der Waals surface area contributed by atoms with Gasteiger partial charge in [0.05, 0.1) is 32.6 Å². The molecule has 0 saturated carbocycles. The van der Waals surface area contributed by atoms with Crippen LogP contribution in [0.2, 0.25) is 0 Å². The van der Waals surface area contributed by atoms with Crippen LogP contribution in [0, 0.1) is 0 Å². The Balaban J connectivity index is 2.10. The predicted molar refractivity (Wildman–Crippen MR) is 125 cm³/mol. The van der Waals surface area contributed by atoms with Crippen LogP contribution in [0.1, 0.15) is 37.4 Å². The first kappa shape index (κ1) is 27.0. The van der Waals surface area contributed by atoms with E-state index in [1.165, 1.54) is 20.3 Å². The molecule has 2 amide bonds. The Bertz CT molecular complexity index is 1060. The average Bonchev–Trinajstić information content (AvgIpc) is 2.85. The van der Waals surface area contributed by atoms with Crippen molar-refractivity contribution in [2.75, 3.05) is 32.3 Å². The van der Waals surface area contributed by atoms with E-state index in [1.807, 2.05) is 30.3 Å². The molecule has 2 aromatic rings. The van der Waals surface area contributed by atoms with E-state index in [4.69, 9.17) is 14.2 Å². The SMILES string of the molecule is CCOC(=O)N(Cc1ccccc1)[C@H]1C[C@@H](C)N(C(=O)OCC(F)(F)F)c2cc(OC)c(OC)cc21. The average molecular weight is 511 g/mol. The molecular weight excluding hydrogens is 481 g/mol. The summed E-state index contributed by atoms with van der Waals surface area (Å²) in [6, 6.07) is 11.2. The molecule has 1 aliphatic rings. The maximum Gasteiger partial charge on any atom is 0.422 e. The smallest absolute Gasteiger partial charge is 0.422 e. The molecule has 0 fully saturated rings. The van der Waals surface area contributed by atoms with Crippen molar-refractivity contribution < 1.29 is 41.7 Å². The molecule has 36 heavy (non-hydrogen) atoms. The minimum atomic E-state index is -4.67. The summed E-state index contributed by atoms with van der Waals surface area (Å²) in [7, 11) is 2.84. The van der Waals surface area contributed by atoms with Crippen LogP contribution in [-0.2, 0) is 16.0 Å². The number of halogens is 3. The van der Waals surface area contributed by atoms with E-state index in [-0.39, 0.29) is 31.0 Å². The second kappa shape index (κ2) is 11.4. The number of hydrogen-bond acceptors (Lipinski definition) is 6. The fourth-order valence-electron chi connectivity index (χ4n) is 4.23. The number of amides is 2. The molecule has 3 rings (SSSR count). The number of carbonyl (C=O) groups excluding carboxylic acids is 2. The molecule has 0 unspecified atom stereocenters. The van der Waals surface area contributed by atoms with E-state index in [9.17, 15) is 22.8 Å². The number of benzene rings is 2. The summed E-state index contributed by atoms with van der Waals surface area (Å²) in [6.07, 6.45) is -6.17. The van der Waals surface area contributed by atoms with Gasteiger partial charge in [0.25, 0.3) is 0 Å². The molecule has 0 radical (unpaired) electrons.